The molecule has 1 aliphatic heterocycles. The monoisotopic (exact) mass is 320 g/mol. The van der Waals surface area contributed by atoms with Crippen LogP contribution in [0.3, 0.4) is 0 Å². The summed E-state index contributed by atoms with van der Waals surface area (Å²) in [6.45, 7) is 2.54. The zero-order chi connectivity index (χ0) is 16.8. The molecule has 0 spiro atoms. The molecular formula is C15H20N4O4. The van der Waals surface area contributed by atoms with Crippen molar-refractivity contribution in [1.29, 1.82) is 0 Å². The Morgan fingerprint density at radius 3 is 2.61 bits per heavy atom. The summed E-state index contributed by atoms with van der Waals surface area (Å²) < 4.78 is 4.89. The van der Waals surface area contributed by atoms with Crippen molar-refractivity contribution in [3.63, 3.8) is 0 Å². The average Bonchev–Trinajstić information content (AvgIpc) is 3.03. The largest absolute Gasteiger partial charge is 0.462 e. The average molecular weight is 320 g/mol. The third kappa shape index (κ3) is 4.12. The number of benzene rings is 1. The van der Waals surface area contributed by atoms with Crippen molar-refractivity contribution in [2.24, 2.45) is 5.73 Å². The highest BCUT2D eigenvalue weighted by atomic mass is 16.5. The highest BCUT2D eigenvalue weighted by molar-refractivity contribution is 5.90. The first-order valence-electron chi connectivity index (χ1n) is 7.42. The molecule has 1 atom stereocenters. The van der Waals surface area contributed by atoms with Gasteiger partial charge in [0.1, 0.15) is 6.04 Å². The van der Waals surface area contributed by atoms with Crippen LogP contribution in [-0.2, 0) is 9.53 Å². The summed E-state index contributed by atoms with van der Waals surface area (Å²) in [6.07, 6.45) is 1.33. The molecule has 8 heteroatoms. The molecule has 2 rings (SSSR count). The van der Waals surface area contributed by atoms with Crippen molar-refractivity contribution in [3.05, 3.63) is 29.8 Å². The van der Waals surface area contributed by atoms with E-state index in [1.807, 2.05) is 0 Å². The molecule has 1 aromatic carbocycles. The molecule has 0 radical (unpaired) electrons. The minimum absolute atomic E-state index is 0.312. The summed E-state index contributed by atoms with van der Waals surface area (Å²) in [5.41, 5.74) is 11.6. The summed E-state index contributed by atoms with van der Waals surface area (Å²) in [7, 11) is 0. The minimum Gasteiger partial charge on any atom is -0.462 e. The summed E-state index contributed by atoms with van der Waals surface area (Å²) in [4.78, 5) is 36.2. The van der Waals surface area contributed by atoms with E-state index in [2.05, 4.69) is 10.9 Å². The number of primary amides is 1. The lowest BCUT2D eigenvalue weighted by atomic mass is 10.2. The van der Waals surface area contributed by atoms with Crippen LogP contribution in [0.15, 0.2) is 24.3 Å². The van der Waals surface area contributed by atoms with Gasteiger partial charge in [0.15, 0.2) is 0 Å². The molecule has 3 amide bonds. The van der Waals surface area contributed by atoms with E-state index in [-0.39, 0.29) is 5.91 Å². The maximum absolute atomic E-state index is 12.1. The molecule has 1 aromatic rings. The highest BCUT2D eigenvalue weighted by Crippen LogP contribution is 2.17. The van der Waals surface area contributed by atoms with E-state index >= 15 is 0 Å². The molecule has 1 aliphatic rings. The van der Waals surface area contributed by atoms with Gasteiger partial charge in [-0.2, -0.15) is 0 Å². The molecule has 0 bridgehead atoms. The fraction of sp³-hybridized carbons (Fsp3) is 0.400. The maximum Gasteiger partial charge on any atom is 0.338 e. The molecule has 4 N–H and O–H groups in total. The van der Waals surface area contributed by atoms with E-state index in [1.165, 1.54) is 4.90 Å². The Balaban J connectivity index is 1.89. The normalized spacial score (nSPS) is 16.7. The number of nitrogens with zero attached hydrogens (tertiary/aromatic N) is 1. The number of anilines is 1. The van der Waals surface area contributed by atoms with Crippen LogP contribution in [-0.4, -0.2) is 42.0 Å². The van der Waals surface area contributed by atoms with Crippen LogP contribution < -0.4 is 16.6 Å². The fourth-order valence-electron chi connectivity index (χ4n) is 2.42. The van der Waals surface area contributed by atoms with Gasteiger partial charge in [-0.25, -0.2) is 9.59 Å². The molecular weight excluding hydrogens is 300 g/mol. The molecule has 1 fully saturated rings. The van der Waals surface area contributed by atoms with Gasteiger partial charge in [0.25, 0.3) is 5.91 Å². The third-order valence-electron chi connectivity index (χ3n) is 3.56. The first kappa shape index (κ1) is 16.6. The molecule has 23 heavy (non-hydrogen) atoms. The lowest BCUT2D eigenvalue weighted by Crippen LogP contribution is -2.49. The van der Waals surface area contributed by atoms with Gasteiger partial charge in [0.2, 0.25) is 0 Å². The van der Waals surface area contributed by atoms with Gasteiger partial charge in [-0.15, -0.1) is 0 Å². The molecule has 0 aromatic heterocycles. The number of esters is 1. The lowest BCUT2D eigenvalue weighted by Gasteiger charge is -2.22. The third-order valence-corrected chi connectivity index (χ3v) is 3.56. The highest BCUT2D eigenvalue weighted by Gasteiger charge is 2.32. The number of hydrogen-bond acceptors (Lipinski definition) is 5. The first-order valence-corrected chi connectivity index (χ1v) is 7.42. The SMILES string of the molecule is CCOC(=O)c1ccc(NNC(=O)C2CCCN2C(N)=O)cc1. The number of hydrogen-bond donors (Lipinski definition) is 3. The number of likely N-dealkylation sites (tertiary alicyclic amines) is 1. The first-order chi connectivity index (χ1) is 11.0. The predicted octanol–water partition coefficient (Wildman–Crippen LogP) is 0.849. The fourth-order valence-corrected chi connectivity index (χ4v) is 2.42. The summed E-state index contributed by atoms with van der Waals surface area (Å²) in [6, 6.07) is 5.33. The molecule has 8 nitrogen and oxygen atoms in total. The standard InChI is InChI=1S/C15H20N4O4/c1-2-23-14(21)10-5-7-11(8-6-10)17-18-13(20)12-4-3-9-19(12)15(16)22/h5-8,12,17H,2-4,9H2,1H3,(H2,16,22)(H,18,20). The van der Waals surface area contributed by atoms with Crippen molar-refractivity contribution >= 4 is 23.6 Å². The Morgan fingerprint density at radius 2 is 2.00 bits per heavy atom. The number of rotatable bonds is 5. The van der Waals surface area contributed by atoms with Crippen molar-refractivity contribution in [2.75, 3.05) is 18.6 Å². The second kappa shape index (κ2) is 7.48. The maximum atomic E-state index is 12.1. The van der Waals surface area contributed by atoms with Gasteiger partial charge < -0.3 is 15.4 Å². The summed E-state index contributed by atoms with van der Waals surface area (Å²) in [5, 5.41) is 0. The van der Waals surface area contributed by atoms with Crippen LogP contribution in [0.1, 0.15) is 30.1 Å². The number of urea groups is 1. The Bertz CT molecular complexity index is 588. The molecule has 1 unspecified atom stereocenters. The van der Waals surface area contributed by atoms with Crippen LogP contribution >= 0.6 is 0 Å². The van der Waals surface area contributed by atoms with Gasteiger partial charge in [-0.1, -0.05) is 0 Å². The van der Waals surface area contributed by atoms with E-state index in [4.69, 9.17) is 10.5 Å². The zero-order valence-corrected chi connectivity index (χ0v) is 12.9. The van der Waals surface area contributed by atoms with E-state index in [0.717, 1.165) is 6.42 Å². The van der Waals surface area contributed by atoms with E-state index in [9.17, 15) is 14.4 Å². The number of hydrazine groups is 1. The number of ether oxygens (including phenoxy) is 1. The van der Waals surface area contributed by atoms with E-state index < -0.39 is 18.0 Å². The second-order valence-corrected chi connectivity index (χ2v) is 5.10. The molecule has 0 saturated carbocycles. The van der Waals surface area contributed by atoms with Gasteiger partial charge in [0, 0.05) is 6.54 Å². The summed E-state index contributed by atoms with van der Waals surface area (Å²) >= 11 is 0. The Kier molecular flexibility index (Phi) is 5.40. The van der Waals surface area contributed by atoms with Crippen LogP contribution in [0, 0.1) is 0 Å². The van der Waals surface area contributed by atoms with Gasteiger partial charge >= 0.3 is 12.0 Å². The van der Waals surface area contributed by atoms with Crippen molar-refractivity contribution in [3.8, 4) is 0 Å². The van der Waals surface area contributed by atoms with E-state index in [0.29, 0.717) is 30.8 Å². The molecule has 1 saturated heterocycles. The van der Waals surface area contributed by atoms with Gasteiger partial charge in [-0.3, -0.25) is 15.6 Å². The molecule has 124 valence electrons. The Hall–Kier alpha value is -2.77. The number of carbonyl (C=O) groups is 3. The van der Waals surface area contributed by atoms with Crippen LogP contribution in [0.25, 0.3) is 0 Å². The number of amides is 3. The Labute approximate surface area is 133 Å². The minimum atomic E-state index is -0.596. The number of nitrogens with one attached hydrogen (secondary N) is 2. The molecule has 1 heterocycles. The zero-order valence-electron chi connectivity index (χ0n) is 12.9. The smallest absolute Gasteiger partial charge is 0.338 e. The van der Waals surface area contributed by atoms with E-state index in [1.54, 1.807) is 31.2 Å². The van der Waals surface area contributed by atoms with Crippen LogP contribution in [0.5, 0.6) is 0 Å². The van der Waals surface area contributed by atoms with Gasteiger partial charge in [-0.05, 0) is 44.0 Å². The van der Waals surface area contributed by atoms with Gasteiger partial charge in [0.05, 0.1) is 17.9 Å². The second-order valence-electron chi connectivity index (χ2n) is 5.10. The number of carbonyl (C=O) groups excluding carboxylic acids is 3. The quantitative estimate of drug-likeness (QED) is 0.550. The lowest BCUT2D eigenvalue weighted by molar-refractivity contribution is -0.124. The predicted molar refractivity (Wildman–Crippen MR) is 83.5 cm³/mol. The Morgan fingerprint density at radius 1 is 1.30 bits per heavy atom. The van der Waals surface area contributed by atoms with Crippen molar-refractivity contribution < 1.29 is 19.1 Å². The topological polar surface area (TPSA) is 114 Å². The van der Waals surface area contributed by atoms with Crippen LogP contribution in [0.2, 0.25) is 0 Å². The molecule has 0 aliphatic carbocycles. The number of nitrogens with two attached hydrogens (primary N) is 1. The summed E-state index contributed by atoms with van der Waals surface area (Å²) in [5.74, 6) is -0.720. The van der Waals surface area contributed by atoms with Crippen molar-refractivity contribution in [2.45, 2.75) is 25.8 Å². The van der Waals surface area contributed by atoms with Crippen molar-refractivity contribution in [1.82, 2.24) is 10.3 Å². The van der Waals surface area contributed by atoms with Crippen LogP contribution in [0.4, 0.5) is 10.5 Å².